The number of carbonyl (C=O) groups excluding carboxylic acids is 1. The van der Waals surface area contributed by atoms with E-state index in [4.69, 9.17) is 9.47 Å². The first-order valence-corrected chi connectivity index (χ1v) is 7.74. The van der Waals surface area contributed by atoms with E-state index in [2.05, 4.69) is 0 Å². The Morgan fingerprint density at radius 2 is 1.17 bits per heavy atom. The fraction of sp³-hybridized carbons (Fsp3) is 0.0952. The summed E-state index contributed by atoms with van der Waals surface area (Å²) in [6.07, 6.45) is 0. The van der Waals surface area contributed by atoms with Gasteiger partial charge in [-0.3, -0.25) is 4.79 Å². The molecule has 0 fully saturated rings. The average Bonchev–Trinajstić information content (AvgIpc) is 2.64. The molecule has 0 aliphatic rings. The molecule has 0 saturated heterocycles. The molecule has 0 heterocycles. The van der Waals surface area contributed by atoms with Gasteiger partial charge in [0.25, 0.3) is 0 Å². The Balaban J connectivity index is 1.95. The maximum atomic E-state index is 12.9. The van der Waals surface area contributed by atoms with Crippen molar-refractivity contribution in [2.75, 3.05) is 7.11 Å². The van der Waals surface area contributed by atoms with Crippen molar-refractivity contribution >= 4 is 5.97 Å². The highest BCUT2D eigenvalue weighted by Gasteiger charge is 2.25. The number of carbonyl (C=O) groups is 1. The van der Waals surface area contributed by atoms with Gasteiger partial charge in [0.1, 0.15) is 5.92 Å². The highest BCUT2D eigenvalue weighted by molar-refractivity contribution is 5.84. The van der Waals surface area contributed by atoms with Crippen molar-refractivity contribution in [1.82, 2.24) is 0 Å². The predicted molar refractivity (Wildman–Crippen MR) is 93.4 cm³/mol. The summed E-state index contributed by atoms with van der Waals surface area (Å²) in [5, 5.41) is 0. The molecule has 3 aromatic carbocycles. The largest absolute Gasteiger partial charge is 0.493 e. The van der Waals surface area contributed by atoms with Crippen LogP contribution < -0.4 is 9.47 Å². The van der Waals surface area contributed by atoms with E-state index in [-0.39, 0.29) is 5.97 Å². The minimum absolute atomic E-state index is 0.336. The zero-order valence-corrected chi connectivity index (χ0v) is 13.4. The molecule has 0 radical (unpaired) electrons. The van der Waals surface area contributed by atoms with Crippen LogP contribution in [0.25, 0.3) is 0 Å². The molecule has 0 aliphatic heterocycles. The van der Waals surface area contributed by atoms with Gasteiger partial charge in [-0.05, 0) is 23.3 Å². The predicted octanol–water partition coefficient (Wildman–Crippen LogP) is 4.43. The van der Waals surface area contributed by atoms with E-state index in [0.717, 1.165) is 11.1 Å². The van der Waals surface area contributed by atoms with Crippen LogP contribution >= 0.6 is 0 Å². The van der Waals surface area contributed by atoms with E-state index >= 15 is 0 Å². The smallest absolute Gasteiger partial charge is 0.323 e. The van der Waals surface area contributed by atoms with Crippen LogP contribution in [-0.4, -0.2) is 13.1 Å². The third kappa shape index (κ3) is 3.46. The fourth-order valence-corrected chi connectivity index (χ4v) is 2.63. The molecule has 120 valence electrons. The molecule has 3 heteroatoms. The number of para-hydroxylation sites is 2. The Kier molecular flexibility index (Phi) is 4.92. The lowest BCUT2D eigenvalue weighted by Crippen LogP contribution is -2.20. The minimum atomic E-state index is -0.489. The second kappa shape index (κ2) is 7.47. The summed E-state index contributed by atoms with van der Waals surface area (Å²) in [5.74, 6) is 0.127. The van der Waals surface area contributed by atoms with E-state index < -0.39 is 5.92 Å². The fourth-order valence-electron chi connectivity index (χ4n) is 2.63. The molecule has 0 spiro atoms. The van der Waals surface area contributed by atoms with Gasteiger partial charge in [-0.15, -0.1) is 0 Å². The quantitative estimate of drug-likeness (QED) is 0.515. The standard InChI is InChI=1S/C21H18O3/c1-23-18-14-8-9-15-19(18)24-21(22)20(16-10-4-2-5-11-16)17-12-6-3-7-13-17/h2-15,20H,1H3. The first kappa shape index (κ1) is 15.8. The maximum absolute atomic E-state index is 12.9. The maximum Gasteiger partial charge on any atom is 0.323 e. The van der Waals surface area contributed by atoms with Crippen LogP contribution in [0.3, 0.4) is 0 Å². The average molecular weight is 318 g/mol. The molecule has 3 nitrogen and oxygen atoms in total. The van der Waals surface area contributed by atoms with Gasteiger partial charge in [-0.1, -0.05) is 72.8 Å². The molecule has 3 aromatic rings. The summed E-state index contributed by atoms with van der Waals surface area (Å²) < 4.78 is 10.9. The molecular weight excluding hydrogens is 300 g/mol. The Morgan fingerprint density at radius 1 is 0.708 bits per heavy atom. The molecule has 0 N–H and O–H groups in total. The summed E-state index contributed by atoms with van der Waals surface area (Å²) in [6.45, 7) is 0. The molecule has 3 rings (SSSR count). The third-order valence-electron chi connectivity index (χ3n) is 3.78. The lowest BCUT2D eigenvalue weighted by molar-refractivity contribution is -0.135. The van der Waals surface area contributed by atoms with E-state index in [1.54, 1.807) is 19.2 Å². The second-order valence-corrected chi connectivity index (χ2v) is 5.33. The van der Waals surface area contributed by atoms with Gasteiger partial charge in [0.05, 0.1) is 7.11 Å². The van der Waals surface area contributed by atoms with E-state index in [1.807, 2.05) is 72.8 Å². The van der Waals surface area contributed by atoms with Crippen LogP contribution in [0, 0.1) is 0 Å². The first-order valence-electron chi connectivity index (χ1n) is 7.74. The highest BCUT2D eigenvalue weighted by atomic mass is 16.6. The summed E-state index contributed by atoms with van der Waals surface area (Å²) in [4.78, 5) is 12.9. The van der Waals surface area contributed by atoms with Crippen LogP contribution in [0.4, 0.5) is 0 Å². The number of hydrogen-bond donors (Lipinski definition) is 0. The number of hydrogen-bond acceptors (Lipinski definition) is 3. The summed E-state index contributed by atoms with van der Waals surface area (Å²) in [5.41, 5.74) is 1.78. The van der Waals surface area contributed by atoms with Crippen LogP contribution in [0.2, 0.25) is 0 Å². The Hall–Kier alpha value is -3.07. The number of benzene rings is 3. The molecule has 0 atom stereocenters. The van der Waals surface area contributed by atoms with Crippen LogP contribution in [0.15, 0.2) is 84.9 Å². The molecule has 0 bridgehead atoms. The zero-order valence-electron chi connectivity index (χ0n) is 13.4. The minimum Gasteiger partial charge on any atom is -0.493 e. The van der Waals surface area contributed by atoms with Crippen molar-refractivity contribution in [1.29, 1.82) is 0 Å². The summed E-state index contributed by atoms with van der Waals surface area (Å²) in [6, 6.07) is 26.4. The summed E-state index contributed by atoms with van der Waals surface area (Å²) >= 11 is 0. The molecule has 0 aromatic heterocycles. The SMILES string of the molecule is COc1ccccc1OC(=O)C(c1ccccc1)c1ccccc1. The van der Waals surface area contributed by atoms with Gasteiger partial charge in [0.15, 0.2) is 11.5 Å². The number of ether oxygens (including phenoxy) is 2. The first-order chi connectivity index (χ1) is 11.8. The van der Waals surface area contributed by atoms with Gasteiger partial charge < -0.3 is 9.47 Å². The number of rotatable bonds is 5. The number of esters is 1. The molecule has 24 heavy (non-hydrogen) atoms. The third-order valence-corrected chi connectivity index (χ3v) is 3.78. The van der Waals surface area contributed by atoms with E-state index in [0.29, 0.717) is 11.5 Å². The molecule has 0 saturated carbocycles. The van der Waals surface area contributed by atoms with E-state index in [1.165, 1.54) is 0 Å². The van der Waals surface area contributed by atoms with Gasteiger partial charge >= 0.3 is 5.97 Å². The Morgan fingerprint density at radius 3 is 1.67 bits per heavy atom. The molecule has 0 amide bonds. The number of methoxy groups -OCH3 is 1. The normalized spacial score (nSPS) is 10.4. The monoisotopic (exact) mass is 318 g/mol. The summed E-state index contributed by atoms with van der Waals surface area (Å²) in [7, 11) is 1.55. The van der Waals surface area contributed by atoms with E-state index in [9.17, 15) is 4.79 Å². The van der Waals surface area contributed by atoms with Crippen molar-refractivity contribution in [2.24, 2.45) is 0 Å². The van der Waals surface area contributed by atoms with Gasteiger partial charge in [0, 0.05) is 0 Å². The Bertz CT molecular complexity index is 758. The zero-order chi connectivity index (χ0) is 16.8. The molecule has 0 unspecified atom stereocenters. The van der Waals surface area contributed by atoms with Crippen LogP contribution in [0.1, 0.15) is 17.0 Å². The highest BCUT2D eigenvalue weighted by Crippen LogP contribution is 2.31. The Labute approximate surface area is 141 Å². The topological polar surface area (TPSA) is 35.5 Å². The van der Waals surface area contributed by atoms with Crippen molar-refractivity contribution in [3.63, 3.8) is 0 Å². The van der Waals surface area contributed by atoms with Crippen LogP contribution in [-0.2, 0) is 4.79 Å². The van der Waals surface area contributed by atoms with Crippen molar-refractivity contribution in [3.05, 3.63) is 96.1 Å². The van der Waals surface area contributed by atoms with Gasteiger partial charge in [-0.2, -0.15) is 0 Å². The second-order valence-electron chi connectivity index (χ2n) is 5.33. The molecule has 0 aliphatic carbocycles. The lowest BCUT2D eigenvalue weighted by atomic mass is 9.91. The van der Waals surface area contributed by atoms with Gasteiger partial charge in [0.2, 0.25) is 0 Å². The van der Waals surface area contributed by atoms with Crippen molar-refractivity contribution < 1.29 is 14.3 Å². The molecular formula is C21H18O3. The van der Waals surface area contributed by atoms with Crippen LogP contribution in [0.5, 0.6) is 11.5 Å². The van der Waals surface area contributed by atoms with Crippen molar-refractivity contribution in [2.45, 2.75) is 5.92 Å². The van der Waals surface area contributed by atoms with Crippen molar-refractivity contribution in [3.8, 4) is 11.5 Å². The van der Waals surface area contributed by atoms with Gasteiger partial charge in [-0.25, -0.2) is 0 Å². The lowest BCUT2D eigenvalue weighted by Gasteiger charge is -2.17.